The monoisotopic (exact) mass is 472 g/mol. The van der Waals surface area contributed by atoms with Crippen LogP contribution in [0.2, 0.25) is 0 Å². The number of hydrogen-bond donors (Lipinski definition) is 4. The predicted octanol–water partition coefficient (Wildman–Crippen LogP) is 2.49. The Morgan fingerprint density at radius 1 is 1.12 bits per heavy atom. The van der Waals surface area contributed by atoms with Crippen LogP contribution >= 0.6 is 11.5 Å². The van der Waals surface area contributed by atoms with E-state index >= 15 is 0 Å². The molecule has 0 aromatic carbocycles. The van der Waals surface area contributed by atoms with Crippen LogP contribution < -0.4 is 10.6 Å². The molecular weight excluding hydrogens is 432 g/mol. The molecule has 0 saturated carbocycles. The summed E-state index contributed by atoms with van der Waals surface area (Å²) >= 11 is 1.20. The Morgan fingerprint density at radius 2 is 1.81 bits per heavy atom. The highest BCUT2D eigenvalue weighted by Crippen LogP contribution is 2.20. The van der Waals surface area contributed by atoms with E-state index in [9.17, 15) is 15.0 Å². The molecular formula is C22H40N4O5S. The number of aromatic nitrogens is 2. The second kappa shape index (κ2) is 16.3. The molecule has 184 valence electrons. The summed E-state index contributed by atoms with van der Waals surface area (Å²) in [5.41, 5.74) is 0. The van der Waals surface area contributed by atoms with Crippen LogP contribution in [0.25, 0.3) is 0 Å². The fourth-order valence-corrected chi connectivity index (χ4v) is 4.16. The van der Waals surface area contributed by atoms with Crippen molar-refractivity contribution < 1.29 is 24.5 Å². The lowest BCUT2D eigenvalue weighted by atomic mass is 9.98. The first-order valence-electron chi connectivity index (χ1n) is 12.0. The average Bonchev–Trinajstić information content (AvgIpc) is 3.31. The molecule has 0 spiro atoms. The summed E-state index contributed by atoms with van der Waals surface area (Å²) in [5, 5.41) is 27.2. The predicted molar refractivity (Wildman–Crippen MR) is 125 cm³/mol. The molecule has 0 radical (unpaired) electrons. The molecule has 0 bridgehead atoms. The second-order valence-corrected chi connectivity index (χ2v) is 9.09. The summed E-state index contributed by atoms with van der Waals surface area (Å²) in [6.45, 7) is 3.87. The van der Waals surface area contributed by atoms with Crippen molar-refractivity contribution in [2.45, 2.75) is 95.5 Å². The lowest BCUT2D eigenvalue weighted by Crippen LogP contribution is -2.56. The van der Waals surface area contributed by atoms with Crippen molar-refractivity contribution in [2.24, 2.45) is 0 Å². The molecule has 10 heteroatoms. The number of ether oxygens (including phenoxy) is 2. The highest BCUT2D eigenvalue weighted by Gasteiger charge is 2.38. The van der Waals surface area contributed by atoms with Crippen LogP contribution in [0.5, 0.6) is 0 Å². The molecule has 32 heavy (non-hydrogen) atoms. The summed E-state index contributed by atoms with van der Waals surface area (Å²) in [7, 11) is 0. The Morgan fingerprint density at radius 3 is 2.47 bits per heavy atom. The van der Waals surface area contributed by atoms with Gasteiger partial charge in [-0.25, -0.2) is 4.98 Å². The molecule has 1 aromatic rings. The Hall–Kier alpha value is -1.33. The summed E-state index contributed by atoms with van der Waals surface area (Å²) < 4.78 is 15.3. The average molecular weight is 473 g/mol. The molecule has 1 fully saturated rings. The number of unbranched alkanes of at least 4 members (excludes halogenated alkanes) is 8. The zero-order valence-corrected chi connectivity index (χ0v) is 20.0. The first kappa shape index (κ1) is 26.9. The summed E-state index contributed by atoms with van der Waals surface area (Å²) in [6.07, 6.45) is 10.1. The molecule has 1 aromatic heterocycles. The number of nitrogens with zero attached hydrogens (tertiary/aromatic N) is 2. The van der Waals surface area contributed by atoms with Gasteiger partial charge in [0.25, 0.3) is 0 Å². The largest absolute Gasteiger partial charge is 0.388 e. The Bertz CT molecular complexity index is 607. The maximum absolute atomic E-state index is 11.1. The number of nitrogens with one attached hydrogen (secondary N) is 2. The minimum absolute atomic E-state index is 0.139. The van der Waals surface area contributed by atoms with Gasteiger partial charge in [-0.1, -0.05) is 51.9 Å². The maximum atomic E-state index is 11.1. The van der Waals surface area contributed by atoms with Crippen LogP contribution in [0, 0.1) is 0 Å². The molecule has 4 atom stereocenters. The van der Waals surface area contributed by atoms with E-state index < -0.39 is 24.4 Å². The van der Waals surface area contributed by atoms with E-state index in [1.165, 1.54) is 56.4 Å². The number of hydrogen-bond acceptors (Lipinski definition) is 9. The van der Waals surface area contributed by atoms with Crippen LogP contribution in [0.3, 0.4) is 0 Å². The number of anilines is 1. The first-order valence-corrected chi connectivity index (χ1v) is 12.7. The lowest BCUT2D eigenvalue weighted by molar-refractivity contribution is -0.159. The molecule has 1 saturated heterocycles. The molecule has 0 unspecified atom stereocenters. The smallest absolute Gasteiger partial charge is 0.219 e. The summed E-state index contributed by atoms with van der Waals surface area (Å²) in [4.78, 5) is 15.2. The van der Waals surface area contributed by atoms with Gasteiger partial charge in [0, 0.05) is 31.1 Å². The van der Waals surface area contributed by atoms with Crippen LogP contribution in [0.1, 0.15) is 71.1 Å². The van der Waals surface area contributed by atoms with Gasteiger partial charge in [-0.15, -0.1) is 0 Å². The summed E-state index contributed by atoms with van der Waals surface area (Å²) in [5.74, 6) is 0.139. The van der Waals surface area contributed by atoms with Crippen molar-refractivity contribution in [1.82, 2.24) is 14.7 Å². The van der Waals surface area contributed by atoms with Gasteiger partial charge < -0.3 is 30.3 Å². The van der Waals surface area contributed by atoms with Crippen molar-refractivity contribution in [1.29, 1.82) is 0 Å². The fourth-order valence-electron chi connectivity index (χ4n) is 3.67. The highest BCUT2D eigenvalue weighted by molar-refractivity contribution is 7.09. The molecule has 1 amide bonds. The van der Waals surface area contributed by atoms with Crippen molar-refractivity contribution >= 4 is 22.6 Å². The van der Waals surface area contributed by atoms with Gasteiger partial charge in [-0.2, -0.15) is 4.37 Å². The lowest BCUT2D eigenvalue weighted by Gasteiger charge is -2.37. The molecule has 2 heterocycles. The van der Waals surface area contributed by atoms with E-state index in [4.69, 9.17) is 9.47 Å². The first-order chi connectivity index (χ1) is 15.6. The van der Waals surface area contributed by atoms with Crippen molar-refractivity contribution in [3.63, 3.8) is 0 Å². The third kappa shape index (κ3) is 10.5. The van der Waals surface area contributed by atoms with Gasteiger partial charge in [-0.3, -0.25) is 4.79 Å². The third-order valence-corrected chi connectivity index (χ3v) is 6.29. The van der Waals surface area contributed by atoms with Crippen molar-refractivity contribution in [3.8, 4) is 0 Å². The topological polar surface area (TPSA) is 126 Å². The zero-order chi connectivity index (χ0) is 23.0. The second-order valence-electron chi connectivity index (χ2n) is 8.31. The van der Waals surface area contributed by atoms with E-state index in [0.29, 0.717) is 18.2 Å². The molecule has 1 aliphatic heterocycles. The van der Waals surface area contributed by atoms with Gasteiger partial charge in [0.05, 0.1) is 19.3 Å². The number of carbonyl (C=O) groups is 1. The Kier molecular flexibility index (Phi) is 13.7. The minimum atomic E-state index is -1.00. The molecule has 4 N–H and O–H groups in total. The van der Waals surface area contributed by atoms with E-state index in [0.717, 1.165) is 25.8 Å². The number of aliphatic hydroxyl groups is 2. The third-order valence-electron chi connectivity index (χ3n) is 5.69. The Labute approximate surface area is 195 Å². The molecule has 9 nitrogen and oxygen atoms in total. The molecule has 0 aliphatic carbocycles. The molecule has 1 aliphatic rings. The van der Waals surface area contributed by atoms with Gasteiger partial charge >= 0.3 is 0 Å². The fraction of sp³-hybridized carbons (Fsp3) is 0.864. The van der Waals surface area contributed by atoms with Crippen LogP contribution in [-0.4, -0.2) is 76.2 Å². The van der Waals surface area contributed by atoms with E-state index in [-0.39, 0.29) is 19.1 Å². The highest BCUT2D eigenvalue weighted by atomic mass is 32.1. The summed E-state index contributed by atoms with van der Waals surface area (Å²) in [6, 6.07) is -0.420. The van der Waals surface area contributed by atoms with Gasteiger partial charge in [0.2, 0.25) is 11.0 Å². The van der Waals surface area contributed by atoms with Crippen molar-refractivity contribution in [3.05, 3.63) is 6.33 Å². The Balaban J connectivity index is 1.39. The number of aliphatic hydroxyl groups excluding tert-OH is 2. The van der Waals surface area contributed by atoms with Gasteiger partial charge in [0.15, 0.2) is 0 Å². The van der Waals surface area contributed by atoms with Crippen LogP contribution in [0.15, 0.2) is 6.33 Å². The molecule has 2 rings (SSSR count). The zero-order valence-electron chi connectivity index (χ0n) is 19.2. The normalized spacial score (nSPS) is 23.2. The minimum Gasteiger partial charge on any atom is -0.388 e. The number of carbonyl (C=O) groups excluding carboxylic acids is 1. The standard InChI is InChI=1S/C22H40N4O5S/c1-2-19(27)23-12-10-8-6-4-3-5-7-9-11-13-30-15-18-21(29)20(28)17(14-31-18)26-22-24-16-25-32-22/h16-18,20-21,28-29H,2-15H2,1H3,(H,23,27)(H,24,25,26)/t17-,18-,20-,21+/m1/s1. The van der Waals surface area contributed by atoms with Crippen LogP contribution in [-0.2, 0) is 14.3 Å². The van der Waals surface area contributed by atoms with E-state index in [1.807, 2.05) is 6.92 Å². The SMILES string of the molecule is CCC(=O)NCCCCCCCCCCCOC[C@H]1OC[C@@H](Nc2ncns2)[C@@H](O)[C@H]1O. The quantitative estimate of drug-likeness (QED) is 0.255. The van der Waals surface area contributed by atoms with Gasteiger partial charge in [-0.05, 0) is 12.8 Å². The van der Waals surface area contributed by atoms with Gasteiger partial charge in [0.1, 0.15) is 24.6 Å². The number of amides is 1. The number of rotatable bonds is 17. The maximum Gasteiger partial charge on any atom is 0.219 e. The van der Waals surface area contributed by atoms with E-state index in [1.54, 1.807) is 0 Å². The van der Waals surface area contributed by atoms with Crippen molar-refractivity contribution in [2.75, 3.05) is 31.7 Å². The van der Waals surface area contributed by atoms with Crippen LogP contribution in [0.4, 0.5) is 5.13 Å². The van der Waals surface area contributed by atoms with E-state index in [2.05, 4.69) is 20.0 Å².